The summed E-state index contributed by atoms with van der Waals surface area (Å²) in [5.41, 5.74) is 0. The molecule has 0 spiro atoms. The molecule has 0 N–H and O–H groups in total. The molecule has 1 unspecified atom stereocenters. The van der Waals surface area contributed by atoms with Crippen molar-refractivity contribution < 1.29 is 9.53 Å². The van der Waals surface area contributed by atoms with Crippen molar-refractivity contribution in [3.63, 3.8) is 0 Å². The van der Waals surface area contributed by atoms with E-state index in [4.69, 9.17) is 4.74 Å². The number of hydrogen-bond donors (Lipinski definition) is 0. The number of carbonyl (C=O) groups is 1. The van der Waals surface area contributed by atoms with Gasteiger partial charge in [0.25, 0.3) is 0 Å². The van der Waals surface area contributed by atoms with E-state index in [1.165, 1.54) is 277 Å². The average Bonchev–Trinajstić information content (AvgIpc) is 3.75. The number of unbranched alkanes of at least 4 members (excludes halogenated alkanes) is 27. The van der Waals surface area contributed by atoms with Crippen LogP contribution in [0.2, 0.25) is 0 Å². The molecule has 0 saturated carbocycles. The third-order valence-electron chi connectivity index (χ3n) is 13.7. The highest BCUT2D eigenvalue weighted by atomic mass is 16.5. The maximum atomic E-state index is 12.8. The minimum atomic E-state index is 0.0542. The van der Waals surface area contributed by atoms with Crippen LogP contribution in [0.4, 0.5) is 0 Å². The highest BCUT2D eigenvalue weighted by Crippen LogP contribution is 2.24. The van der Waals surface area contributed by atoms with Crippen LogP contribution < -0.4 is 0 Å². The lowest BCUT2D eigenvalue weighted by atomic mass is 9.92. The molecular formula is C54H108N2O2. The molecule has 58 heavy (non-hydrogen) atoms. The van der Waals surface area contributed by atoms with Crippen LogP contribution in [0.15, 0.2) is 0 Å². The normalized spacial score (nSPS) is 14.0. The van der Waals surface area contributed by atoms with Gasteiger partial charge in [0.1, 0.15) is 0 Å². The Hall–Kier alpha value is -0.610. The van der Waals surface area contributed by atoms with Crippen LogP contribution in [0.5, 0.6) is 0 Å². The number of likely N-dealkylation sites (tertiary alicyclic amines) is 1. The predicted octanol–water partition coefficient (Wildman–Crippen LogP) is 17.2. The van der Waals surface area contributed by atoms with E-state index in [0.29, 0.717) is 13.0 Å². The van der Waals surface area contributed by atoms with Gasteiger partial charge in [-0.1, -0.05) is 227 Å². The van der Waals surface area contributed by atoms with Gasteiger partial charge in [0.2, 0.25) is 0 Å². The molecule has 346 valence electrons. The Morgan fingerprint density at radius 2 is 0.828 bits per heavy atom. The molecular weight excluding hydrogens is 709 g/mol. The number of esters is 1. The summed E-state index contributed by atoms with van der Waals surface area (Å²) in [5.74, 6) is 0.790. The molecule has 0 aromatic heterocycles. The van der Waals surface area contributed by atoms with E-state index < -0.39 is 0 Å². The summed E-state index contributed by atoms with van der Waals surface area (Å²) in [6.45, 7) is 16.5. The van der Waals surface area contributed by atoms with E-state index in [-0.39, 0.29) is 5.97 Å². The van der Waals surface area contributed by atoms with Crippen LogP contribution in [0, 0.1) is 5.92 Å². The summed E-state index contributed by atoms with van der Waals surface area (Å²) in [7, 11) is 0. The molecule has 4 nitrogen and oxygen atoms in total. The second kappa shape index (κ2) is 44.4. The van der Waals surface area contributed by atoms with Crippen molar-refractivity contribution in [2.45, 2.75) is 297 Å². The van der Waals surface area contributed by atoms with Crippen molar-refractivity contribution in [3.05, 3.63) is 0 Å². The number of rotatable bonds is 47. The van der Waals surface area contributed by atoms with Crippen molar-refractivity contribution in [2.24, 2.45) is 5.92 Å². The van der Waals surface area contributed by atoms with E-state index in [1.54, 1.807) is 0 Å². The fraction of sp³-hybridized carbons (Fsp3) is 0.981. The summed E-state index contributed by atoms with van der Waals surface area (Å²) >= 11 is 0. The van der Waals surface area contributed by atoms with Crippen molar-refractivity contribution in [2.75, 3.05) is 39.3 Å². The Bertz CT molecular complexity index is 799. The number of nitrogens with zero attached hydrogens (tertiary/aromatic N) is 2. The lowest BCUT2D eigenvalue weighted by Gasteiger charge is -2.32. The predicted molar refractivity (Wildman–Crippen MR) is 258 cm³/mol. The van der Waals surface area contributed by atoms with Crippen molar-refractivity contribution >= 4 is 5.97 Å². The highest BCUT2D eigenvalue weighted by Gasteiger charge is 2.19. The summed E-state index contributed by atoms with van der Waals surface area (Å²) < 4.78 is 5.84. The third-order valence-corrected chi connectivity index (χ3v) is 13.7. The van der Waals surface area contributed by atoms with Crippen LogP contribution in [-0.4, -0.2) is 61.1 Å². The van der Waals surface area contributed by atoms with E-state index in [2.05, 4.69) is 37.5 Å². The largest absolute Gasteiger partial charge is 0.466 e. The zero-order valence-electron chi connectivity index (χ0n) is 40.6. The molecule has 0 amide bonds. The van der Waals surface area contributed by atoms with Gasteiger partial charge in [0.15, 0.2) is 0 Å². The Labute approximate surface area is 366 Å². The zero-order valence-corrected chi connectivity index (χ0v) is 40.6. The molecule has 1 saturated heterocycles. The molecule has 1 atom stereocenters. The Morgan fingerprint density at radius 1 is 0.448 bits per heavy atom. The molecule has 1 fully saturated rings. The van der Waals surface area contributed by atoms with Crippen LogP contribution in [0.1, 0.15) is 291 Å². The van der Waals surface area contributed by atoms with Crippen LogP contribution in [0.25, 0.3) is 0 Å². The molecule has 1 aliphatic rings. The summed E-state index contributed by atoms with van der Waals surface area (Å²) in [4.78, 5) is 18.4. The molecule has 0 radical (unpaired) electrons. The Kier molecular flexibility index (Phi) is 42.5. The van der Waals surface area contributed by atoms with Gasteiger partial charge in [-0.25, -0.2) is 0 Å². The molecule has 1 heterocycles. The van der Waals surface area contributed by atoms with Gasteiger partial charge in [-0.05, 0) is 96.4 Å². The van der Waals surface area contributed by atoms with Crippen LogP contribution in [0.3, 0.4) is 0 Å². The first-order chi connectivity index (χ1) is 28.6. The van der Waals surface area contributed by atoms with Crippen LogP contribution >= 0.6 is 0 Å². The summed E-state index contributed by atoms with van der Waals surface area (Å²) in [6, 6.07) is 0.749. The first-order valence-electron chi connectivity index (χ1n) is 27.3. The van der Waals surface area contributed by atoms with Gasteiger partial charge in [0, 0.05) is 12.5 Å². The molecule has 1 aliphatic heterocycles. The monoisotopic (exact) mass is 817 g/mol. The second-order valence-electron chi connectivity index (χ2n) is 19.3. The quantitative estimate of drug-likeness (QED) is 0.0452. The van der Waals surface area contributed by atoms with E-state index in [1.807, 2.05) is 0 Å². The lowest BCUT2D eigenvalue weighted by molar-refractivity contribution is -0.144. The fourth-order valence-corrected chi connectivity index (χ4v) is 9.70. The first kappa shape index (κ1) is 55.4. The second-order valence-corrected chi connectivity index (χ2v) is 19.3. The third kappa shape index (κ3) is 36.1. The average molecular weight is 817 g/mol. The van der Waals surface area contributed by atoms with E-state index >= 15 is 0 Å². The number of ether oxygens (including phenoxy) is 1. The summed E-state index contributed by atoms with van der Waals surface area (Å²) in [5, 5.41) is 0. The molecule has 4 heteroatoms. The minimum absolute atomic E-state index is 0.0542. The Morgan fingerprint density at radius 3 is 1.29 bits per heavy atom. The van der Waals surface area contributed by atoms with Gasteiger partial charge in [-0.2, -0.15) is 0 Å². The first-order valence-corrected chi connectivity index (χ1v) is 27.3. The molecule has 0 aliphatic carbocycles. The van der Waals surface area contributed by atoms with E-state index in [0.717, 1.165) is 24.8 Å². The standard InChI is InChI=1S/C54H108N2O2/c1-5-9-13-17-19-21-25-32-42-53(56(49-36-28-22-20-18-14-10-6-2)50-37-29-35-46-55-47-38-39-48-55)43-33-26-27-34-44-54(57)58-51-45-52(40-30-23-15-11-7-3)41-31-24-16-12-8-4/h52-53H,5-51H2,1-4H3. The van der Waals surface area contributed by atoms with Gasteiger partial charge < -0.3 is 14.5 Å². The maximum absolute atomic E-state index is 12.8. The van der Waals surface area contributed by atoms with Gasteiger partial charge in [0.05, 0.1) is 6.61 Å². The van der Waals surface area contributed by atoms with Gasteiger partial charge >= 0.3 is 5.97 Å². The summed E-state index contributed by atoms with van der Waals surface area (Å²) in [6.07, 6.45) is 55.0. The van der Waals surface area contributed by atoms with Gasteiger partial charge in [-0.3, -0.25) is 4.79 Å². The smallest absolute Gasteiger partial charge is 0.305 e. The zero-order chi connectivity index (χ0) is 41.8. The lowest BCUT2D eigenvalue weighted by Crippen LogP contribution is -2.37. The van der Waals surface area contributed by atoms with Gasteiger partial charge in [-0.15, -0.1) is 0 Å². The maximum Gasteiger partial charge on any atom is 0.305 e. The molecule has 0 aromatic carbocycles. The van der Waals surface area contributed by atoms with Crippen molar-refractivity contribution in [1.82, 2.24) is 9.80 Å². The van der Waals surface area contributed by atoms with Crippen molar-refractivity contribution in [3.8, 4) is 0 Å². The minimum Gasteiger partial charge on any atom is -0.466 e. The van der Waals surface area contributed by atoms with Crippen molar-refractivity contribution in [1.29, 1.82) is 0 Å². The van der Waals surface area contributed by atoms with Crippen LogP contribution in [-0.2, 0) is 9.53 Å². The van der Waals surface area contributed by atoms with E-state index in [9.17, 15) is 4.79 Å². The molecule has 0 aromatic rings. The molecule has 0 bridgehead atoms. The Balaban J connectivity index is 2.57. The SMILES string of the molecule is CCCCCCCCCCC(CCCCCCC(=O)OCCC(CCCCCCC)CCCCCCC)N(CCCCCCCCCC)CCCCCN1CCCC1. The molecule has 1 rings (SSSR count). The topological polar surface area (TPSA) is 32.8 Å². The fourth-order valence-electron chi connectivity index (χ4n) is 9.70. The number of hydrogen-bond acceptors (Lipinski definition) is 4. The highest BCUT2D eigenvalue weighted by molar-refractivity contribution is 5.69. The number of carbonyl (C=O) groups excluding carboxylic acids is 1.